The lowest BCUT2D eigenvalue weighted by Gasteiger charge is -2.41. The van der Waals surface area contributed by atoms with E-state index in [1.54, 1.807) is 42.5 Å². The zero-order chi connectivity index (χ0) is 54.4. The maximum absolute atomic E-state index is 14.8. The normalized spacial score (nSPS) is 23.9. The molecule has 3 aromatic rings. The number of carbonyl (C=O) groups is 3. The number of aromatic nitrogens is 1. The summed E-state index contributed by atoms with van der Waals surface area (Å²) in [5, 5.41) is 3.77. The number of pyridine rings is 1. The van der Waals surface area contributed by atoms with Crippen LogP contribution in [0.2, 0.25) is 41.4 Å². The quantitative estimate of drug-likeness (QED) is 0.0165. The Bertz CT molecular complexity index is 2710. The zero-order valence-corrected chi connectivity index (χ0v) is 47.6. The maximum Gasteiger partial charge on any atom is 0.308 e. The van der Waals surface area contributed by atoms with Crippen molar-refractivity contribution in [1.29, 1.82) is 0 Å². The molecule has 7 atom stereocenters. The topological polar surface area (TPSA) is 181 Å². The number of nitrogens with zero attached hydrogens (tertiary/aromatic N) is 1. The van der Waals surface area contributed by atoms with Crippen molar-refractivity contribution in [1.82, 2.24) is 10.3 Å². The Labute approximate surface area is 442 Å². The lowest BCUT2D eigenvalue weighted by atomic mass is 9.93. The highest BCUT2D eigenvalue weighted by atomic mass is 35.5. The fourth-order valence-electron chi connectivity index (χ4n) is 8.90. The van der Waals surface area contributed by atoms with E-state index in [0.717, 1.165) is 0 Å². The minimum Gasteiger partial charge on any atom is -0.492 e. The lowest BCUT2D eigenvalue weighted by molar-refractivity contribution is -0.169. The van der Waals surface area contributed by atoms with Gasteiger partial charge in [0.05, 0.1) is 44.0 Å². The molecular formula is C55H71ClN2O14Si2. The first-order chi connectivity index (χ1) is 35.1. The van der Waals surface area contributed by atoms with E-state index in [4.69, 9.17) is 74.5 Å². The largest absolute Gasteiger partial charge is 0.492 e. The van der Waals surface area contributed by atoms with Crippen LogP contribution in [-0.4, -0.2) is 123 Å². The first-order valence-electron chi connectivity index (χ1n) is 24.9. The minimum atomic E-state index is -2.74. The monoisotopic (exact) mass is 1070 g/mol. The highest BCUT2D eigenvalue weighted by Gasteiger charge is 2.70. The molecule has 0 unspecified atom stereocenters. The summed E-state index contributed by atoms with van der Waals surface area (Å²) < 4.78 is 68.8. The van der Waals surface area contributed by atoms with Crippen molar-refractivity contribution < 1.29 is 65.9 Å². The second kappa shape index (κ2) is 23.6. The molecule has 2 aromatic carbocycles. The molecule has 1 aromatic heterocycles. The van der Waals surface area contributed by atoms with Gasteiger partial charge < -0.3 is 56.8 Å². The Kier molecular flexibility index (Phi) is 18.5. The third-order valence-corrected chi connectivity index (χ3v) is 23.6. The Morgan fingerprint density at radius 1 is 1.08 bits per heavy atom. The number of ether oxygens (including phenoxy) is 9. The summed E-state index contributed by atoms with van der Waals surface area (Å²) in [7, 11) is -0.951. The second-order valence-electron chi connectivity index (χ2n) is 20.2. The van der Waals surface area contributed by atoms with Crippen LogP contribution in [0.4, 0.5) is 0 Å². The number of rotatable bonds is 20. The molecule has 1 spiro atoms. The van der Waals surface area contributed by atoms with Gasteiger partial charge in [0.25, 0.3) is 5.91 Å². The molecule has 4 heterocycles. The molecule has 4 aliphatic rings. The van der Waals surface area contributed by atoms with E-state index in [0.29, 0.717) is 58.0 Å². The van der Waals surface area contributed by atoms with E-state index in [2.05, 4.69) is 63.5 Å². The SMILES string of the molecule is C#C[C@@H]1O[C@]12C1=C[C@H](Oc3ccc(nc3Cl)[C@H](NC(=O)c3cc4c(OC)c(OC)c(OC(C)C)cc4cc3OCC=C)CC(=O)OC[C@@H](OCOC)[C@](C=O)(O[Si](CC)(CC)CC)C#C1)[C@@H]2O[Si](C)(C)C(C)(C)C. The van der Waals surface area contributed by atoms with Crippen molar-refractivity contribution in [2.24, 2.45) is 0 Å². The summed E-state index contributed by atoms with van der Waals surface area (Å²) in [6, 6.07) is 8.99. The molecular weight excluding hydrogens is 1000 g/mol. The van der Waals surface area contributed by atoms with Crippen molar-refractivity contribution in [3.05, 3.63) is 71.0 Å². The molecule has 4 bridgehead atoms. The molecule has 0 saturated carbocycles. The Balaban J connectivity index is 1.53. The van der Waals surface area contributed by atoms with Gasteiger partial charge in [0, 0.05) is 18.1 Å². The van der Waals surface area contributed by atoms with Crippen LogP contribution in [0.1, 0.15) is 83.9 Å². The van der Waals surface area contributed by atoms with Gasteiger partial charge in [-0.05, 0) is 91.9 Å². The summed E-state index contributed by atoms with van der Waals surface area (Å²) in [5.74, 6) is 9.13. The van der Waals surface area contributed by atoms with E-state index in [1.165, 1.54) is 21.3 Å². The molecule has 1 N–H and O–H groups in total. The van der Waals surface area contributed by atoms with E-state index in [1.807, 2.05) is 34.6 Å². The number of halogens is 1. The molecule has 0 radical (unpaired) electrons. The highest BCUT2D eigenvalue weighted by molar-refractivity contribution is 6.74. The predicted molar refractivity (Wildman–Crippen MR) is 286 cm³/mol. The molecule has 1 saturated heterocycles. The first kappa shape index (κ1) is 57.9. The highest BCUT2D eigenvalue weighted by Crippen LogP contribution is 2.55. The number of nitrogens with one attached hydrogen (secondary N) is 1. The molecule has 1 fully saturated rings. The second-order valence-corrected chi connectivity index (χ2v) is 30.0. The smallest absolute Gasteiger partial charge is 0.308 e. The standard InChI is InChI=1S/C55H71ClN2O14Si2/c1-16-25-65-42-26-35-27-43(68-34(6)7)49(64-13)48(63-12)37(35)29-38(42)52(61)58-40-30-47(60)66-31-46(67-33-62-11)54(32-59,72-74(18-3,19-4)20-5)24-23-36-28-44(69-41-22-21-39(40)57-51(41)56)50(55(36)45(17-2)70-55)71-73(14,15)53(8,9)10/h2,16,21-22,26-29,32,34,40,44-46,50H,1,18-20,25,30-31,33H2,3-15H3,(H,58,61)/t40-,44+,45+,46-,50+,54+,55-/m1/s1. The van der Waals surface area contributed by atoms with E-state index in [9.17, 15) is 14.4 Å². The molecule has 16 nitrogen and oxygen atoms in total. The summed E-state index contributed by atoms with van der Waals surface area (Å²) in [6.07, 6.45) is 5.57. The molecule has 19 heteroatoms. The molecule has 1 aliphatic carbocycles. The lowest BCUT2D eigenvalue weighted by Crippen LogP contribution is -2.56. The van der Waals surface area contributed by atoms with Crippen LogP contribution in [0.3, 0.4) is 0 Å². The summed E-state index contributed by atoms with van der Waals surface area (Å²) >= 11 is 7.03. The average Bonchev–Trinajstić information content (AvgIpc) is 4.04. The number of terminal acetylenes is 1. The minimum absolute atomic E-state index is 0.0555. The number of aldehydes is 1. The van der Waals surface area contributed by atoms with Gasteiger partial charge in [0.15, 0.2) is 57.0 Å². The fourth-order valence-corrected chi connectivity index (χ4v) is 13.3. The van der Waals surface area contributed by atoms with Crippen LogP contribution >= 0.6 is 11.6 Å². The third-order valence-electron chi connectivity index (χ3n) is 14.3. The Hall–Kier alpha value is -5.42. The van der Waals surface area contributed by atoms with Crippen LogP contribution in [-0.2, 0) is 37.4 Å². The van der Waals surface area contributed by atoms with Crippen LogP contribution in [0.5, 0.6) is 28.7 Å². The van der Waals surface area contributed by atoms with Crippen molar-refractivity contribution in [3.63, 3.8) is 0 Å². The van der Waals surface area contributed by atoms with Crippen molar-refractivity contribution in [2.45, 2.75) is 146 Å². The van der Waals surface area contributed by atoms with Crippen molar-refractivity contribution in [2.75, 3.05) is 41.3 Å². The number of hydrogen-bond acceptors (Lipinski definition) is 15. The summed E-state index contributed by atoms with van der Waals surface area (Å²) in [6.45, 7) is 23.4. The van der Waals surface area contributed by atoms with Gasteiger partial charge >= 0.3 is 5.97 Å². The molecule has 400 valence electrons. The number of esters is 1. The number of fused-ring (bicyclic) bond motifs is 10. The van der Waals surface area contributed by atoms with Gasteiger partial charge in [-0.1, -0.05) is 83.6 Å². The van der Waals surface area contributed by atoms with E-state index < -0.39 is 83.2 Å². The van der Waals surface area contributed by atoms with Gasteiger partial charge in [-0.3, -0.25) is 14.4 Å². The number of methoxy groups -OCH3 is 3. The molecule has 3 aliphatic heterocycles. The fraction of sp³-hybridized carbons (Fsp3) is 0.527. The number of hydrogen-bond donors (Lipinski definition) is 1. The van der Waals surface area contributed by atoms with Crippen LogP contribution in [0.15, 0.2) is 54.6 Å². The molecule has 74 heavy (non-hydrogen) atoms. The zero-order valence-electron chi connectivity index (χ0n) is 44.9. The van der Waals surface area contributed by atoms with Crippen molar-refractivity contribution >= 4 is 57.2 Å². The number of carbonyl (C=O) groups excluding carboxylic acids is 3. The average molecular weight is 1080 g/mol. The Morgan fingerprint density at radius 2 is 1.77 bits per heavy atom. The molecule has 7 rings (SSSR count). The summed E-state index contributed by atoms with van der Waals surface area (Å²) in [5.41, 5.74) is -2.63. The predicted octanol–water partition coefficient (Wildman–Crippen LogP) is 9.48. The third kappa shape index (κ3) is 11.8. The van der Waals surface area contributed by atoms with Crippen molar-refractivity contribution in [3.8, 4) is 52.9 Å². The van der Waals surface area contributed by atoms with Gasteiger partial charge in [-0.15, -0.1) is 6.42 Å². The van der Waals surface area contributed by atoms with E-state index in [-0.39, 0.29) is 52.5 Å². The van der Waals surface area contributed by atoms with Gasteiger partial charge in [0.2, 0.25) is 11.4 Å². The van der Waals surface area contributed by atoms with Crippen LogP contribution < -0.4 is 29.0 Å². The van der Waals surface area contributed by atoms with Crippen LogP contribution in [0.25, 0.3) is 10.8 Å². The van der Waals surface area contributed by atoms with Gasteiger partial charge in [-0.25, -0.2) is 4.98 Å². The number of amides is 1. The maximum atomic E-state index is 14.8. The van der Waals surface area contributed by atoms with Crippen LogP contribution in [0, 0.1) is 24.2 Å². The van der Waals surface area contributed by atoms with E-state index >= 15 is 0 Å². The van der Waals surface area contributed by atoms with Gasteiger partial charge in [-0.2, -0.15) is 0 Å². The molecule has 1 amide bonds. The summed E-state index contributed by atoms with van der Waals surface area (Å²) in [4.78, 5) is 47.8. The van der Waals surface area contributed by atoms with Gasteiger partial charge in [0.1, 0.15) is 44.1 Å². The number of epoxide rings is 1. The number of benzene rings is 2. The Morgan fingerprint density at radius 3 is 2.34 bits per heavy atom. The first-order valence-corrected chi connectivity index (χ1v) is 30.7.